The van der Waals surface area contributed by atoms with Crippen molar-refractivity contribution in [2.75, 3.05) is 18.5 Å². The van der Waals surface area contributed by atoms with Crippen LogP contribution in [0.5, 0.6) is 0 Å². The summed E-state index contributed by atoms with van der Waals surface area (Å²) in [4.78, 5) is 27.8. The molecule has 0 saturated carbocycles. The van der Waals surface area contributed by atoms with Crippen molar-refractivity contribution in [1.82, 2.24) is 19.3 Å². The molecular weight excluding hydrogens is 388 g/mol. The first-order valence-corrected chi connectivity index (χ1v) is 9.93. The van der Waals surface area contributed by atoms with Gasteiger partial charge in [0.2, 0.25) is 11.9 Å². The molecule has 3 rings (SSSR count). The minimum atomic E-state index is -0.446. The van der Waals surface area contributed by atoms with Crippen LogP contribution in [0.15, 0.2) is 24.3 Å². The first kappa shape index (κ1) is 21.4. The van der Waals surface area contributed by atoms with Gasteiger partial charge in [-0.3, -0.25) is 24.9 Å². The highest BCUT2D eigenvalue weighted by molar-refractivity contribution is 5.91. The van der Waals surface area contributed by atoms with E-state index in [-0.39, 0.29) is 24.6 Å². The van der Waals surface area contributed by atoms with Crippen LogP contribution in [-0.2, 0) is 22.6 Å². The molecule has 1 N–H and O–H groups in total. The Kier molecular flexibility index (Phi) is 6.78. The summed E-state index contributed by atoms with van der Waals surface area (Å²) < 4.78 is 8.88. The number of carbonyl (C=O) groups excluding carboxylic acids is 1. The van der Waals surface area contributed by atoms with Crippen LogP contribution in [0.4, 0.5) is 11.6 Å². The average Bonchev–Trinajstić information content (AvgIpc) is 3.19. The monoisotopic (exact) mass is 414 g/mol. The molecule has 2 heterocycles. The Hall–Kier alpha value is -3.27. The molecule has 0 spiro atoms. The molecule has 0 unspecified atom stereocenters. The van der Waals surface area contributed by atoms with E-state index in [1.807, 2.05) is 35.8 Å². The number of benzene rings is 1. The lowest BCUT2D eigenvalue weighted by Gasteiger charge is -2.10. The zero-order valence-corrected chi connectivity index (χ0v) is 17.4. The number of aromatic nitrogens is 4. The number of aryl methyl sites for hydroxylation is 3. The van der Waals surface area contributed by atoms with Crippen LogP contribution in [0.3, 0.4) is 0 Å². The Morgan fingerprint density at radius 3 is 2.73 bits per heavy atom. The highest BCUT2D eigenvalue weighted by Crippen LogP contribution is 2.23. The number of carbonyl (C=O) groups is 1. The van der Waals surface area contributed by atoms with Crippen molar-refractivity contribution in [2.45, 2.75) is 46.7 Å². The summed E-state index contributed by atoms with van der Waals surface area (Å²) in [5.41, 5.74) is 2.52. The molecular formula is C20H26N6O4. The molecule has 0 aliphatic carbocycles. The molecule has 0 atom stereocenters. The van der Waals surface area contributed by atoms with E-state index < -0.39 is 4.92 Å². The van der Waals surface area contributed by atoms with Crippen LogP contribution in [0.1, 0.15) is 31.2 Å². The highest BCUT2D eigenvalue weighted by Gasteiger charge is 2.22. The first-order chi connectivity index (χ1) is 14.4. The van der Waals surface area contributed by atoms with Crippen LogP contribution < -0.4 is 5.32 Å². The highest BCUT2D eigenvalue weighted by atomic mass is 16.6. The van der Waals surface area contributed by atoms with Gasteiger partial charge in [0.05, 0.1) is 22.5 Å². The van der Waals surface area contributed by atoms with Gasteiger partial charge >= 0.3 is 5.69 Å². The Bertz CT molecular complexity index is 1060. The molecule has 0 bridgehead atoms. The third-order valence-electron chi connectivity index (χ3n) is 4.86. The topological polar surface area (TPSA) is 117 Å². The molecule has 10 heteroatoms. The van der Waals surface area contributed by atoms with Gasteiger partial charge < -0.3 is 9.30 Å². The Morgan fingerprint density at radius 1 is 1.27 bits per heavy atom. The lowest BCUT2D eigenvalue weighted by Crippen LogP contribution is -2.19. The van der Waals surface area contributed by atoms with Gasteiger partial charge in [-0.1, -0.05) is 12.1 Å². The van der Waals surface area contributed by atoms with Crippen molar-refractivity contribution < 1.29 is 14.5 Å². The van der Waals surface area contributed by atoms with Crippen molar-refractivity contribution >= 4 is 28.6 Å². The van der Waals surface area contributed by atoms with E-state index in [4.69, 9.17) is 4.74 Å². The molecule has 0 aliphatic rings. The second-order valence-corrected chi connectivity index (χ2v) is 6.92. The molecule has 0 radical (unpaired) electrons. The molecule has 0 fully saturated rings. The standard InChI is InChI=1S/C20H26N6O4/c1-4-30-13-7-11-24-17-9-6-5-8-16(17)21-20(24)22-18(27)10-12-25-15(3)19(26(28)29)14(2)23-25/h5-6,8-9H,4,7,10-13H2,1-3H3,(H,21,22,27). The average molecular weight is 414 g/mol. The van der Waals surface area contributed by atoms with E-state index in [2.05, 4.69) is 15.4 Å². The fourth-order valence-electron chi connectivity index (χ4n) is 3.43. The first-order valence-electron chi connectivity index (χ1n) is 9.93. The number of fused-ring (bicyclic) bond motifs is 1. The number of rotatable bonds is 10. The van der Waals surface area contributed by atoms with E-state index in [9.17, 15) is 14.9 Å². The molecule has 10 nitrogen and oxygen atoms in total. The number of nitrogens with one attached hydrogen (secondary N) is 1. The summed E-state index contributed by atoms with van der Waals surface area (Å²) in [7, 11) is 0. The van der Waals surface area contributed by atoms with Gasteiger partial charge in [0.25, 0.3) is 0 Å². The fraction of sp³-hybridized carbons (Fsp3) is 0.450. The maximum atomic E-state index is 12.6. The van der Waals surface area contributed by atoms with E-state index in [1.54, 1.807) is 13.8 Å². The van der Waals surface area contributed by atoms with Crippen molar-refractivity contribution in [3.8, 4) is 0 Å². The molecule has 2 aromatic heterocycles. The van der Waals surface area contributed by atoms with Gasteiger partial charge in [-0.25, -0.2) is 4.98 Å². The van der Waals surface area contributed by atoms with Gasteiger partial charge in [0.1, 0.15) is 11.4 Å². The molecule has 160 valence electrons. The van der Waals surface area contributed by atoms with E-state index in [1.165, 1.54) is 4.68 Å². The second-order valence-electron chi connectivity index (χ2n) is 6.92. The quantitative estimate of drug-likeness (QED) is 0.309. The van der Waals surface area contributed by atoms with Crippen molar-refractivity contribution in [2.24, 2.45) is 0 Å². The summed E-state index contributed by atoms with van der Waals surface area (Å²) >= 11 is 0. The Labute approximate surface area is 174 Å². The number of imidazole rings is 1. The van der Waals surface area contributed by atoms with Crippen molar-refractivity contribution in [3.05, 3.63) is 45.8 Å². The summed E-state index contributed by atoms with van der Waals surface area (Å²) in [5, 5.41) is 18.2. The predicted octanol–water partition coefficient (Wildman–Crippen LogP) is 3.21. The molecule has 1 amide bonds. The van der Waals surface area contributed by atoms with Gasteiger partial charge in [-0.15, -0.1) is 0 Å². The predicted molar refractivity (Wildman–Crippen MR) is 112 cm³/mol. The zero-order valence-electron chi connectivity index (χ0n) is 17.4. The SMILES string of the molecule is CCOCCCn1c(NC(=O)CCn2nc(C)c([N+](=O)[O-])c2C)nc2ccccc21. The maximum Gasteiger partial charge on any atom is 0.312 e. The Balaban J connectivity index is 1.70. The van der Waals surface area contributed by atoms with Crippen LogP contribution in [0.25, 0.3) is 11.0 Å². The van der Waals surface area contributed by atoms with Crippen molar-refractivity contribution in [3.63, 3.8) is 0 Å². The van der Waals surface area contributed by atoms with Gasteiger partial charge in [0, 0.05) is 26.2 Å². The number of hydrogen-bond acceptors (Lipinski definition) is 6. The number of ether oxygens (including phenoxy) is 1. The molecule has 3 aromatic rings. The molecule has 0 aliphatic heterocycles. The van der Waals surface area contributed by atoms with Crippen LogP contribution >= 0.6 is 0 Å². The molecule has 1 aromatic carbocycles. The number of hydrogen-bond donors (Lipinski definition) is 1. The molecule has 0 saturated heterocycles. The van der Waals surface area contributed by atoms with Crippen LogP contribution in [0.2, 0.25) is 0 Å². The summed E-state index contributed by atoms with van der Waals surface area (Å²) in [6.45, 7) is 7.39. The van der Waals surface area contributed by atoms with Crippen molar-refractivity contribution in [1.29, 1.82) is 0 Å². The maximum absolute atomic E-state index is 12.6. The number of para-hydroxylation sites is 2. The zero-order chi connectivity index (χ0) is 21.7. The fourth-order valence-corrected chi connectivity index (χ4v) is 3.43. The minimum absolute atomic E-state index is 0.00787. The third kappa shape index (κ3) is 4.65. The van der Waals surface area contributed by atoms with Crippen LogP contribution in [0, 0.1) is 24.0 Å². The number of nitro groups is 1. The van der Waals surface area contributed by atoms with E-state index in [0.29, 0.717) is 37.1 Å². The third-order valence-corrected chi connectivity index (χ3v) is 4.86. The van der Waals surface area contributed by atoms with Crippen LogP contribution in [-0.4, -0.2) is 43.4 Å². The van der Waals surface area contributed by atoms with Gasteiger partial charge in [0.15, 0.2) is 0 Å². The summed E-state index contributed by atoms with van der Waals surface area (Å²) in [6, 6.07) is 7.71. The number of anilines is 1. The minimum Gasteiger partial charge on any atom is -0.382 e. The number of nitrogens with zero attached hydrogens (tertiary/aromatic N) is 5. The number of amides is 1. The molecule has 30 heavy (non-hydrogen) atoms. The lowest BCUT2D eigenvalue weighted by atomic mass is 10.3. The normalized spacial score (nSPS) is 11.2. The summed E-state index contributed by atoms with van der Waals surface area (Å²) in [6.07, 6.45) is 0.924. The lowest BCUT2D eigenvalue weighted by molar-refractivity contribution is -0.386. The van der Waals surface area contributed by atoms with Gasteiger partial charge in [-0.05, 0) is 39.3 Å². The van der Waals surface area contributed by atoms with E-state index >= 15 is 0 Å². The summed E-state index contributed by atoms with van der Waals surface area (Å²) in [5.74, 6) is 0.253. The van der Waals surface area contributed by atoms with Gasteiger partial charge in [-0.2, -0.15) is 5.10 Å². The smallest absolute Gasteiger partial charge is 0.312 e. The Morgan fingerprint density at radius 2 is 2.03 bits per heavy atom. The van der Waals surface area contributed by atoms with E-state index in [0.717, 1.165) is 17.5 Å². The second kappa shape index (κ2) is 9.49. The largest absolute Gasteiger partial charge is 0.382 e.